The Labute approximate surface area is 159 Å². The molecule has 0 amide bonds. The van der Waals surface area contributed by atoms with Crippen molar-refractivity contribution in [2.24, 2.45) is 0 Å². The molecule has 0 saturated heterocycles. The first-order valence-electron chi connectivity index (χ1n) is 8.88. The van der Waals surface area contributed by atoms with Crippen molar-refractivity contribution in [3.63, 3.8) is 0 Å². The molecule has 26 heavy (non-hydrogen) atoms. The number of hydrogen-bond donors (Lipinski definition) is 0. The Morgan fingerprint density at radius 2 is 1.27 bits per heavy atom. The summed E-state index contributed by atoms with van der Waals surface area (Å²) in [5.74, 6) is 1.79. The molecule has 130 valence electrons. The fourth-order valence-electron chi connectivity index (χ4n) is 3.30. The Kier molecular flexibility index (Phi) is 4.60. The SMILES string of the molecule is Cc1ccc(C2(c3ccc(C)cc3)CSC=C(c3ccccc3)O2)cc1. The standard InChI is InChI=1S/C24H22OS/c1-18-8-12-21(13-9-18)24(22-14-10-19(2)11-15-22)17-26-16-23(25-24)20-6-4-3-5-7-20/h3-16H,17H2,1-2H3. The Bertz CT molecular complexity index is 863. The van der Waals surface area contributed by atoms with Crippen molar-refractivity contribution in [3.05, 3.63) is 112 Å². The minimum absolute atomic E-state index is 0.480. The highest BCUT2D eigenvalue weighted by atomic mass is 32.2. The van der Waals surface area contributed by atoms with E-state index in [1.54, 1.807) is 0 Å². The van der Waals surface area contributed by atoms with Gasteiger partial charge >= 0.3 is 0 Å². The van der Waals surface area contributed by atoms with Gasteiger partial charge in [0.15, 0.2) is 5.60 Å². The van der Waals surface area contributed by atoms with Crippen LogP contribution < -0.4 is 0 Å². The zero-order chi connectivity index (χ0) is 18.0. The number of thioether (sulfide) groups is 1. The van der Waals surface area contributed by atoms with Crippen molar-refractivity contribution < 1.29 is 4.74 Å². The van der Waals surface area contributed by atoms with E-state index in [0.717, 1.165) is 17.1 Å². The number of benzene rings is 3. The first-order valence-corrected chi connectivity index (χ1v) is 9.93. The van der Waals surface area contributed by atoms with Crippen molar-refractivity contribution >= 4 is 17.5 Å². The molecule has 1 nitrogen and oxygen atoms in total. The lowest BCUT2D eigenvalue weighted by Crippen LogP contribution is -2.35. The minimum atomic E-state index is -0.480. The van der Waals surface area contributed by atoms with Gasteiger partial charge in [0.2, 0.25) is 0 Å². The first-order chi connectivity index (χ1) is 12.7. The normalized spacial score (nSPS) is 15.8. The van der Waals surface area contributed by atoms with Crippen LogP contribution >= 0.6 is 11.8 Å². The smallest absolute Gasteiger partial charge is 0.168 e. The van der Waals surface area contributed by atoms with Crippen LogP contribution in [0.4, 0.5) is 0 Å². The summed E-state index contributed by atoms with van der Waals surface area (Å²) >= 11 is 1.82. The zero-order valence-corrected chi connectivity index (χ0v) is 15.9. The van der Waals surface area contributed by atoms with Gasteiger partial charge < -0.3 is 4.74 Å². The topological polar surface area (TPSA) is 9.23 Å². The van der Waals surface area contributed by atoms with Crippen LogP contribution in [0.5, 0.6) is 0 Å². The molecule has 1 aliphatic heterocycles. The average molecular weight is 359 g/mol. The van der Waals surface area contributed by atoms with Gasteiger partial charge in [-0.1, -0.05) is 90.0 Å². The molecule has 2 heteroatoms. The van der Waals surface area contributed by atoms with Crippen LogP contribution in [0.2, 0.25) is 0 Å². The monoisotopic (exact) mass is 358 g/mol. The molecular weight excluding hydrogens is 336 g/mol. The van der Waals surface area contributed by atoms with Gasteiger partial charge in [0.05, 0.1) is 0 Å². The summed E-state index contributed by atoms with van der Waals surface area (Å²) in [5.41, 5.74) is 5.54. The molecule has 0 spiro atoms. The van der Waals surface area contributed by atoms with Gasteiger partial charge in [-0.2, -0.15) is 0 Å². The van der Waals surface area contributed by atoms with Gasteiger partial charge in [0.25, 0.3) is 0 Å². The van der Waals surface area contributed by atoms with E-state index in [1.807, 2.05) is 17.8 Å². The third-order valence-corrected chi connectivity index (χ3v) is 5.81. The minimum Gasteiger partial charge on any atom is -0.476 e. The summed E-state index contributed by atoms with van der Waals surface area (Å²) in [6.07, 6.45) is 0. The van der Waals surface area contributed by atoms with Crippen molar-refractivity contribution in [1.29, 1.82) is 0 Å². The van der Waals surface area contributed by atoms with Crippen LogP contribution in [-0.4, -0.2) is 5.75 Å². The summed E-state index contributed by atoms with van der Waals surface area (Å²) in [7, 11) is 0. The van der Waals surface area contributed by atoms with Crippen LogP contribution in [0.15, 0.2) is 84.3 Å². The highest BCUT2D eigenvalue weighted by Crippen LogP contribution is 2.45. The predicted molar refractivity (Wildman–Crippen MR) is 111 cm³/mol. The van der Waals surface area contributed by atoms with E-state index in [0.29, 0.717) is 0 Å². The summed E-state index contributed by atoms with van der Waals surface area (Å²) in [6.45, 7) is 4.24. The summed E-state index contributed by atoms with van der Waals surface area (Å²) in [5, 5.41) is 2.13. The van der Waals surface area contributed by atoms with E-state index in [-0.39, 0.29) is 0 Å². The van der Waals surface area contributed by atoms with Crippen molar-refractivity contribution in [2.75, 3.05) is 5.75 Å². The molecule has 0 aromatic heterocycles. The fourth-order valence-corrected chi connectivity index (χ4v) is 4.35. The molecule has 0 atom stereocenters. The third-order valence-electron chi connectivity index (χ3n) is 4.86. The Hall–Kier alpha value is -2.45. The molecule has 0 aliphatic carbocycles. The van der Waals surface area contributed by atoms with Gasteiger partial charge in [-0.05, 0) is 13.8 Å². The molecule has 0 unspecified atom stereocenters. The molecule has 0 fully saturated rings. The number of rotatable bonds is 3. The van der Waals surface area contributed by atoms with Crippen molar-refractivity contribution in [1.82, 2.24) is 0 Å². The number of ether oxygens (including phenoxy) is 1. The van der Waals surface area contributed by atoms with E-state index in [9.17, 15) is 0 Å². The molecule has 3 aromatic carbocycles. The maximum Gasteiger partial charge on any atom is 0.168 e. The molecule has 0 N–H and O–H groups in total. The lowest BCUT2D eigenvalue weighted by atomic mass is 9.86. The van der Waals surface area contributed by atoms with Gasteiger partial charge in [-0.25, -0.2) is 0 Å². The second-order valence-electron chi connectivity index (χ2n) is 6.82. The van der Waals surface area contributed by atoms with E-state index in [2.05, 4.69) is 92.1 Å². The Balaban J connectivity index is 1.83. The summed E-state index contributed by atoms with van der Waals surface area (Å²) in [6, 6.07) is 27.8. The Morgan fingerprint density at radius 1 is 0.731 bits per heavy atom. The zero-order valence-electron chi connectivity index (χ0n) is 15.1. The lowest BCUT2D eigenvalue weighted by Gasteiger charge is -2.38. The largest absolute Gasteiger partial charge is 0.476 e. The average Bonchev–Trinajstić information content (AvgIpc) is 2.70. The molecule has 3 aromatic rings. The maximum atomic E-state index is 6.75. The quantitative estimate of drug-likeness (QED) is 0.542. The van der Waals surface area contributed by atoms with Gasteiger partial charge in [-0.3, -0.25) is 0 Å². The van der Waals surface area contributed by atoms with Crippen molar-refractivity contribution in [3.8, 4) is 0 Å². The molecule has 0 bridgehead atoms. The fraction of sp³-hybridized carbons (Fsp3) is 0.167. The second-order valence-corrected chi connectivity index (χ2v) is 7.68. The molecule has 0 saturated carbocycles. The van der Waals surface area contributed by atoms with Gasteiger partial charge in [0, 0.05) is 27.9 Å². The highest BCUT2D eigenvalue weighted by molar-refractivity contribution is 8.02. The van der Waals surface area contributed by atoms with Crippen molar-refractivity contribution in [2.45, 2.75) is 19.4 Å². The van der Waals surface area contributed by atoms with Crippen LogP contribution in [-0.2, 0) is 10.3 Å². The van der Waals surface area contributed by atoms with Gasteiger partial charge in [0.1, 0.15) is 5.76 Å². The van der Waals surface area contributed by atoms with Crippen LogP contribution in [0.25, 0.3) is 5.76 Å². The van der Waals surface area contributed by atoms with Crippen LogP contribution in [0.3, 0.4) is 0 Å². The number of hydrogen-bond acceptors (Lipinski definition) is 2. The third kappa shape index (κ3) is 3.17. The van der Waals surface area contributed by atoms with Crippen LogP contribution in [0, 0.1) is 13.8 Å². The van der Waals surface area contributed by atoms with E-state index in [1.165, 1.54) is 22.3 Å². The predicted octanol–water partition coefficient (Wildman–Crippen LogP) is 6.31. The maximum absolute atomic E-state index is 6.75. The highest BCUT2D eigenvalue weighted by Gasteiger charge is 2.39. The Morgan fingerprint density at radius 3 is 1.81 bits per heavy atom. The van der Waals surface area contributed by atoms with Crippen LogP contribution in [0.1, 0.15) is 27.8 Å². The van der Waals surface area contributed by atoms with E-state index >= 15 is 0 Å². The van der Waals surface area contributed by atoms with E-state index < -0.39 is 5.60 Å². The van der Waals surface area contributed by atoms with E-state index in [4.69, 9.17) is 4.74 Å². The molecule has 0 radical (unpaired) electrons. The first kappa shape index (κ1) is 17.0. The molecule has 4 rings (SSSR count). The summed E-state index contributed by atoms with van der Waals surface area (Å²) < 4.78 is 6.75. The second kappa shape index (κ2) is 7.05. The van der Waals surface area contributed by atoms with Gasteiger partial charge in [-0.15, -0.1) is 11.8 Å². The summed E-state index contributed by atoms with van der Waals surface area (Å²) in [4.78, 5) is 0. The number of aryl methyl sites for hydroxylation is 2. The molecule has 1 aliphatic rings. The molecule has 1 heterocycles. The molecular formula is C24H22OS. The lowest BCUT2D eigenvalue weighted by molar-refractivity contribution is 0.101.